The van der Waals surface area contributed by atoms with Gasteiger partial charge in [-0.3, -0.25) is 9.48 Å². The van der Waals surface area contributed by atoms with Gasteiger partial charge in [0, 0.05) is 18.3 Å². The molecule has 1 amide bonds. The lowest BCUT2D eigenvalue weighted by atomic mass is 10.0. The summed E-state index contributed by atoms with van der Waals surface area (Å²) in [4.78, 5) is 11.7. The van der Waals surface area contributed by atoms with Gasteiger partial charge in [0.25, 0.3) is 5.91 Å². The van der Waals surface area contributed by atoms with Crippen molar-refractivity contribution in [2.45, 2.75) is 12.9 Å². The fraction of sp³-hybridized carbons (Fsp3) is 0.250. The van der Waals surface area contributed by atoms with Crippen LogP contribution in [0.5, 0.6) is 0 Å². The van der Waals surface area contributed by atoms with Gasteiger partial charge in [-0.1, -0.05) is 23.4 Å². The molecule has 0 aliphatic heterocycles. The van der Waals surface area contributed by atoms with Crippen LogP contribution in [0, 0.1) is 0 Å². The van der Waals surface area contributed by atoms with Crippen LogP contribution in [0.3, 0.4) is 0 Å². The second kappa shape index (κ2) is 6.00. The van der Waals surface area contributed by atoms with Crippen LogP contribution >= 0.6 is 0 Å². The van der Waals surface area contributed by atoms with Crippen LogP contribution in [-0.2, 0) is 12.9 Å². The van der Waals surface area contributed by atoms with E-state index in [1.54, 1.807) is 23.0 Å². The smallest absolute Gasteiger partial charge is 0.251 e. The molecule has 0 atom stereocenters. The van der Waals surface area contributed by atoms with Crippen molar-refractivity contribution in [3.8, 4) is 0 Å². The highest BCUT2D eigenvalue weighted by Crippen LogP contribution is 1.97. The number of benzene rings is 1. The van der Waals surface area contributed by atoms with Gasteiger partial charge in [-0.25, -0.2) is 0 Å². The third-order valence-electron chi connectivity index (χ3n) is 2.46. The number of carbonyl (C=O) groups excluding carboxylic acids is 1. The van der Waals surface area contributed by atoms with Gasteiger partial charge in [-0.2, -0.15) is 0 Å². The number of nitrogens with zero attached hydrogens (tertiary/aromatic N) is 3. The normalized spacial score (nSPS) is 10.2. The Morgan fingerprint density at radius 3 is 2.78 bits per heavy atom. The van der Waals surface area contributed by atoms with Crippen LogP contribution < -0.4 is 5.32 Å². The lowest BCUT2D eigenvalue weighted by molar-refractivity contribution is 0.0952. The molecule has 5 nitrogen and oxygen atoms in total. The SMILES string of the molecule is [B]Cc1cn(CCNC(=O)c2ccccc2)nn1. The average Bonchev–Trinajstić information content (AvgIpc) is 2.87. The molecule has 1 aromatic heterocycles. The van der Waals surface area contributed by atoms with Crippen LogP contribution in [0.15, 0.2) is 36.5 Å². The molecule has 0 saturated heterocycles. The molecule has 0 spiro atoms. The highest BCUT2D eigenvalue weighted by Gasteiger charge is 2.03. The molecule has 0 bridgehead atoms. The largest absolute Gasteiger partial charge is 0.350 e. The molecule has 1 N–H and O–H groups in total. The van der Waals surface area contributed by atoms with Crippen molar-refractivity contribution in [1.82, 2.24) is 20.3 Å². The van der Waals surface area contributed by atoms with E-state index in [-0.39, 0.29) is 5.91 Å². The van der Waals surface area contributed by atoms with Crippen molar-refractivity contribution in [2.75, 3.05) is 6.54 Å². The van der Waals surface area contributed by atoms with Gasteiger partial charge >= 0.3 is 0 Å². The number of rotatable bonds is 5. The summed E-state index contributed by atoms with van der Waals surface area (Å²) in [6, 6.07) is 9.09. The summed E-state index contributed by atoms with van der Waals surface area (Å²) in [7, 11) is 5.43. The Bertz CT molecular complexity index is 512. The number of carbonyl (C=O) groups is 1. The summed E-state index contributed by atoms with van der Waals surface area (Å²) < 4.78 is 1.66. The molecule has 18 heavy (non-hydrogen) atoms. The Balaban J connectivity index is 1.80. The molecule has 1 aromatic carbocycles. The summed E-state index contributed by atoms with van der Waals surface area (Å²) in [5.74, 6) is -0.0882. The van der Waals surface area contributed by atoms with Gasteiger partial charge in [0.2, 0.25) is 0 Å². The van der Waals surface area contributed by atoms with Crippen molar-refractivity contribution in [3.63, 3.8) is 0 Å². The Kier molecular flexibility index (Phi) is 4.12. The van der Waals surface area contributed by atoms with Crippen LogP contribution in [-0.4, -0.2) is 35.3 Å². The molecule has 2 radical (unpaired) electrons. The van der Waals surface area contributed by atoms with E-state index in [2.05, 4.69) is 15.6 Å². The number of nitrogens with one attached hydrogen (secondary N) is 1. The fourth-order valence-electron chi connectivity index (χ4n) is 1.52. The fourth-order valence-corrected chi connectivity index (χ4v) is 1.52. The molecule has 0 saturated carbocycles. The zero-order valence-electron chi connectivity index (χ0n) is 9.91. The molecule has 0 unspecified atom stereocenters. The second-order valence-corrected chi connectivity index (χ2v) is 3.80. The van der Waals surface area contributed by atoms with Crippen molar-refractivity contribution in [2.24, 2.45) is 0 Å². The van der Waals surface area contributed by atoms with E-state index in [4.69, 9.17) is 7.85 Å². The van der Waals surface area contributed by atoms with E-state index in [9.17, 15) is 4.79 Å². The number of amides is 1. The molecule has 6 heteroatoms. The highest BCUT2D eigenvalue weighted by atomic mass is 16.1. The Morgan fingerprint density at radius 1 is 1.33 bits per heavy atom. The van der Waals surface area contributed by atoms with Crippen molar-refractivity contribution >= 4 is 13.8 Å². The molecule has 2 rings (SSSR count). The number of hydrogen-bond acceptors (Lipinski definition) is 3. The monoisotopic (exact) mass is 240 g/mol. The van der Waals surface area contributed by atoms with Gasteiger partial charge in [0.15, 0.2) is 0 Å². The van der Waals surface area contributed by atoms with Crippen LogP contribution in [0.2, 0.25) is 0 Å². The molecule has 1 heterocycles. The number of aromatic nitrogens is 3. The van der Waals surface area contributed by atoms with Crippen molar-refractivity contribution < 1.29 is 4.79 Å². The molecule has 2 aromatic rings. The first-order valence-electron chi connectivity index (χ1n) is 5.72. The average molecular weight is 240 g/mol. The van der Waals surface area contributed by atoms with Crippen LogP contribution in [0.1, 0.15) is 16.1 Å². The predicted octanol–water partition coefficient (Wildman–Crippen LogP) is 0.377. The summed E-state index contributed by atoms with van der Waals surface area (Å²) >= 11 is 0. The van der Waals surface area contributed by atoms with Crippen molar-refractivity contribution in [3.05, 3.63) is 47.8 Å². The molecule has 90 valence electrons. The molecule has 0 aliphatic carbocycles. The van der Waals surface area contributed by atoms with Gasteiger partial charge in [0.05, 0.1) is 20.1 Å². The van der Waals surface area contributed by atoms with Gasteiger partial charge < -0.3 is 5.32 Å². The summed E-state index contributed by atoms with van der Waals surface area (Å²) in [6.07, 6.45) is 2.14. The molecule has 0 aliphatic rings. The maximum atomic E-state index is 11.7. The molecular formula is C12H13BN4O. The van der Waals surface area contributed by atoms with Crippen LogP contribution in [0.4, 0.5) is 0 Å². The zero-order chi connectivity index (χ0) is 12.8. The third kappa shape index (κ3) is 3.19. The zero-order valence-corrected chi connectivity index (χ0v) is 9.91. The lowest BCUT2D eigenvalue weighted by Gasteiger charge is -2.04. The summed E-state index contributed by atoms with van der Waals surface area (Å²) in [6.45, 7) is 1.08. The summed E-state index contributed by atoms with van der Waals surface area (Å²) in [5, 5.41) is 10.6. The van der Waals surface area contributed by atoms with Crippen molar-refractivity contribution in [1.29, 1.82) is 0 Å². The first-order valence-corrected chi connectivity index (χ1v) is 5.72. The Hall–Kier alpha value is -2.11. The Labute approximate surface area is 107 Å². The highest BCUT2D eigenvalue weighted by molar-refractivity contribution is 6.08. The lowest BCUT2D eigenvalue weighted by Crippen LogP contribution is -2.27. The quantitative estimate of drug-likeness (QED) is 0.768. The predicted molar refractivity (Wildman–Crippen MR) is 68.3 cm³/mol. The molecule has 0 fully saturated rings. The maximum absolute atomic E-state index is 11.7. The van der Waals surface area contributed by atoms with E-state index in [0.717, 1.165) is 5.69 Å². The maximum Gasteiger partial charge on any atom is 0.251 e. The van der Waals surface area contributed by atoms with E-state index < -0.39 is 0 Å². The summed E-state index contributed by atoms with van der Waals surface area (Å²) in [5.41, 5.74) is 1.39. The standard InChI is InChI=1S/C12H13BN4O/c13-8-11-9-17(16-15-11)7-6-14-12(18)10-4-2-1-3-5-10/h1-5,9H,6-8H2,(H,14,18). The topological polar surface area (TPSA) is 59.8 Å². The number of hydrogen-bond donors (Lipinski definition) is 1. The van der Waals surface area contributed by atoms with Gasteiger partial charge in [-0.15, -0.1) is 5.10 Å². The minimum Gasteiger partial charge on any atom is -0.350 e. The second-order valence-electron chi connectivity index (χ2n) is 3.80. The van der Waals surface area contributed by atoms with E-state index >= 15 is 0 Å². The van der Waals surface area contributed by atoms with E-state index in [1.165, 1.54) is 0 Å². The minimum atomic E-state index is -0.0882. The van der Waals surface area contributed by atoms with Gasteiger partial charge in [0.1, 0.15) is 0 Å². The van der Waals surface area contributed by atoms with Gasteiger partial charge in [-0.05, 0) is 18.5 Å². The Morgan fingerprint density at radius 2 is 2.11 bits per heavy atom. The van der Waals surface area contributed by atoms with E-state index in [1.807, 2.05) is 18.2 Å². The van der Waals surface area contributed by atoms with Crippen LogP contribution in [0.25, 0.3) is 0 Å². The molecular weight excluding hydrogens is 227 g/mol. The first kappa shape index (κ1) is 12.4. The third-order valence-corrected chi connectivity index (χ3v) is 2.46. The minimum absolute atomic E-state index is 0.0882. The first-order chi connectivity index (χ1) is 8.79. The van der Waals surface area contributed by atoms with E-state index in [0.29, 0.717) is 25.0 Å².